The molecule has 1 saturated carbocycles. The summed E-state index contributed by atoms with van der Waals surface area (Å²) in [4.78, 5) is 37.6. The monoisotopic (exact) mass is 1220 g/mol. The average molecular weight is 1220 g/mol. The minimum absolute atomic E-state index is 0.0242. The first-order valence-corrected chi connectivity index (χ1v) is 33.4. The fourth-order valence-electron chi connectivity index (χ4n) is 10.9. The second-order valence-corrected chi connectivity index (χ2v) is 24.7. The number of aliphatic hydroxyl groups excluding tert-OH is 11. The van der Waals surface area contributed by atoms with Crippen molar-refractivity contribution in [2.75, 3.05) is 26.4 Å². The number of carbonyl (C=O) groups excluding carboxylic acids is 2. The molecule has 3 rings (SSSR count). The molecule has 3 fully saturated rings. The van der Waals surface area contributed by atoms with Gasteiger partial charge in [-0.05, 0) is 12.8 Å². The standard InChI is InChI=1S/C59H111O23P/c1-3-5-7-9-11-13-15-17-19-20-22-24-26-28-30-32-34-36-45(63)77-41(39-75-44(62)35-33-31-29-27-25-23-21-18-16-14-12-10-8-6-4-2)40-76-83(73,74)82-57-55(80-58-53(71)48(66)46(64)42(37-60)78-58)51(69)50(68)52(70)56(57)81-59-54(72)49(67)47(65)43(38-61)79-59/h41-43,46-61,64-72H,3-40H2,1-2H3,(H,73,74). The van der Waals surface area contributed by atoms with Gasteiger partial charge in [-0.3, -0.25) is 18.6 Å². The Balaban J connectivity index is 1.66. The molecule has 0 radical (unpaired) electrons. The Kier molecular flexibility index (Phi) is 40.1. The summed E-state index contributed by atoms with van der Waals surface area (Å²) < 4.78 is 58.3. The fourth-order valence-corrected chi connectivity index (χ4v) is 11.9. The lowest BCUT2D eigenvalue weighted by molar-refractivity contribution is -0.360. The van der Waals surface area contributed by atoms with Crippen molar-refractivity contribution < 1.29 is 113 Å². The van der Waals surface area contributed by atoms with E-state index in [1.165, 1.54) is 135 Å². The summed E-state index contributed by atoms with van der Waals surface area (Å²) in [6.07, 6.45) is 2.04. The Labute approximate surface area is 493 Å². The fraction of sp³-hybridized carbons (Fsp3) is 0.966. The second-order valence-electron chi connectivity index (χ2n) is 23.3. The number of hydrogen-bond donors (Lipinski definition) is 12. The largest absolute Gasteiger partial charge is 0.472 e. The molecule has 2 aliphatic heterocycles. The van der Waals surface area contributed by atoms with Crippen LogP contribution >= 0.6 is 7.82 Å². The number of phosphoric ester groups is 1. The third kappa shape index (κ3) is 29.1. The van der Waals surface area contributed by atoms with Crippen molar-refractivity contribution in [2.24, 2.45) is 0 Å². The van der Waals surface area contributed by atoms with Crippen LogP contribution in [-0.4, -0.2) is 204 Å². The van der Waals surface area contributed by atoms with Crippen LogP contribution in [0, 0.1) is 0 Å². The van der Waals surface area contributed by atoms with E-state index >= 15 is 0 Å². The van der Waals surface area contributed by atoms with E-state index in [0.717, 1.165) is 57.8 Å². The van der Waals surface area contributed by atoms with Crippen molar-refractivity contribution in [3.63, 3.8) is 0 Å². The molecule has 0 bridgehead atoms. The van der Waals surface area contributed by atoms with Crippen molar-refractivity contribution in [1.82, 2.24) is 0 Å². The summed E-state index contributed by atoms with van der Waals surface area (Å²) in [7, 11) is -5.63. The summed E-state index contributed by atoms with van der Waals surface area (Å²) in [5.74, 6) is -1.32. The topological polar surface area (TPSA) is 368 Å². The van der Waals surface area contributed by atoms with Crippen molar-refractivity contribution in [3.8, 4) is 0 Å². The van der Waals surface area contributed by atoms with E-state index in [9.17, 15) is 75.2 Å². The third-order valence-electron chi connectivity index (χ3n) is 16.2. The molecule has 2 saturated heterocycles. The average Bonchev–Trinajstić information content (AvgIpc) is 3.66. The number of phosphoric acid groups is 1. The number of rotatable bonds is 48. The van der Waals surface area contributed by atoms with Gasteiger partial charge in [0.2, 0.25) is 0 Å². The van der Waals surface area contributed by atoms with Gasteiger partial charge in [-0.2, -0.15) is 0 Å². The molecular formula is C59H111O23P. The normalized spacial score (nSPS) is 30.5. The van der Waals surface area contributed by atoms with E-state index in [1.807, 2.05) is 0 Å². The van der Waals surface area contributed by atoms with Crippen LogP contribution in [0.3, 0.4) is 0 Å². The highest BCUT2D eigenvalue weighted by Gasteiger charge is 2.58. The van der Waals surface area contributed by atoms with Crippen LogP contribution in [0.25, 0.3) is 0 Å². The molecule has 3 aliphatic rings. The predicted molar refractivity (Wildman–Crippen MR) is 305 cm³/mol. The quantitative estimate of drug-likeness (QED) is 0.0197. The summed E-state index contributed by atoms with van der Waals surface area (Å²) in [5.41, 5.74) is 0. The van der Waals surface area contributed by atoms with Crippen molar-refractivity contribution in [1.29, 1.82) is 0 Å². The molecule has 0 aromatic heterocycles. The number of aliphatic hydroxyl groups is 11. The van der Waals surface area contributed by atoms with Gasteiger partial charge in [-0.15, -0.1) is 0 Å². The van der Waals surface area contributed by atoms with E-state index in [2.05, 4.69) is 13.8 Å². The van der Waals surface area contributed by atoms with E-state index in [4.69, 9.17) is 37.5 Å². The van der Waals surface area contributed by atoms with Crippen LogP contribution < -0.4 is 0 Å². The number of hydrogen-bond acceptors (Lipinski definition) is 22. The Morgan fingerprint density at radius 2 is 0.723 bits per heavy atom. The molecule has 0 aromatic rings. The Hall–Kier alpha value is -1.55. The number of ether oxygens (including phenoxy) is 6. The first kappa shape index (κ1) is 75.7. The number of esters is 2. The molecule has 2 heterocycles. The van der Waals surface area contributed by atoms with Crippen molar-refractivity contribution in [2.45, 2.75) is 336 Å². The van der Waals surface area contributed by atoms with E-state index < -0.39 is 150 Å². The molecule has 16 unspecified atom stereocenters. The maximum Gasteiger partial charge on any atom is 0.472 e. The number of unbranched alkanes of at least 4 members (excludes halogenated alkanes) is 30. The van der Waals surface area contributed by atoms with Gasteiger partial charge in [0.05, 0.1) is 19.8 Å². The molecular weight excluding hydrogens is 1110 g/mol. The highest BCUT2D eigenvalue weighted by molar-refractivity contribution is 7.47. The maximum atomic E-state index is 14.1. The zero-order valence-electron chi connectivity index (χ0n) is 50.0. The Morgan fingerprint density at radius 3 is 1.06 bits per heavy atom. The van der Waals surface area contributed by atoms with E-state index in [1.54, 1.807) is 0 Å². The summed E-state index contributed by atoms with van der Waals surface area (Å²) >= 11 is 0. The highest BCUT2D eigenvalue weighted by atomic mass is 31.2. The molecule has 24 heteroatoms. The lowest BCUT2D eigenvalue weighted by Crippen LogP contribution is -2.69. The van der Waals surface area contributed by atoms with Gasteiger partial charge in [0.25, 0.3) is 0 Å². The Bertz CT molecular complexity index is 1650. The lowest BCUT2D eigenvalue weighted by atomic mass is 9.84. The van der Waals surface area contributed by atoms with Crippen molar-refractivity contribution in [3.05, 3.63) is 0 Å². The first-order valence-electron chi connectivity index (χ1n) is 31.9. The second kappa shape index (κ2) is 44.0. The molecule has 0 spiro atoms. The molecule has 16 atom stereocenters. The van der Waals surface area contributed by atoms with Crippen LogP contribution in [-0.2, 0) is 51.6 Å². The van der Waals surface area contributed by atoms with Crippen molar-refractivity contribution >= 4 is 19.8 Å². The first-order chi connectivity index (χ1) is 39.9. The maximum absolute atomic E-state index is 14.1. The van der Waals surface area contributed by atoms with Crippen LogP contribution in [0.4, 0.5) is 0 Å². The smallest absolute Gasteiger partial charge is 0.462 e. The summed E-state index contributed by atoms with van der Waals surface area (Å²) in [6, 6.07) is 0. The van der Waals surface area contributed by atoms with Gasteiger partial charge >= 0.3 is 19.8 Å². The zero-order chi connectivity index (χ0) is 61.0. The highest BCUT2D eigenvalue weighted by Crippen LogP contribution is 2.49. The molecule has 23 nitrogen and oxygen atoms in total. The third-order valence-corrected chi connectivity index (χ3v) is 17.2. The van der Waals surface area contributed by atoms with Crippen LogP contribution in [0.5, 0.6) is 0 Å². The molecule has 83 heavy (non-hydrogen) atoms. The summed E-state index contributed by atoms with van der Waals surface area (Å²) in [6.45, 7) is 1.06. The van der Waals surface area contributed by atoms with Gasteiger partial charge in [-0.1, -0.05) is 206 Å². The zero-order valence-corrected chi connectivity index (χ0v) is 50.9. The summed E-state index contributed by atoms with van der Waals surface area (Å²) in [5, 5.41) is 117. The van der Waals surface area contributed by atoms with Crippen LogP contribution in [0.1, 0.15) is 232 Å². The Morgan fingerprint density at radius 1 is 0.410 bits per heavy atom. The molecule has 0 amide bonds. The minimum atomic E-state index is -5.63. The van der Waals surface area contributed by atoms with Gasteiger partial charge in [-0.25, -0.2) is 4.57 Å². The molecule has 12 N–H and O–H groups in total. The SMILES string of the molecule is CCCCCCCCCCCCCCCCCCCC(=O)OC(COC(=O)CCCCCCCCCCCCCCCCC)COP(=O)(O)OC1C(OC2OC(CO)C(O)C(O)C2O)C(O)C(O)C(O)C1OC1OC(CO)C(O)C(O)C1O. The minimum Gasteiger partial charge on any atom is -0.462 e. The number of carbonyl (C=O) groups is 2. The van der Waals surface area contributed by atoms with Gasteiger partial charge in [0.15, 0.2) is 18.7 Å². The molecule has 490 valence electrons. The molecule has 0 aromatic carbocycles. The lowest BCUT2D eigenvalue weighted by Gasteiger charge is -2.49. The van der Waals surface area contributed by atoms with Crippen LogP contribution in [0.15, 0.2) is 0 Å². The van der Waals surface area contributed by atoms with Gasteiger partial charge in [0.1, 0.15) is 92.1 Å². The predicted octanol–water partition coefficient (Wildman–Crippen LogP) is 5.71. The van der Waals surface area contributed by atoms with E-state index in [-0.39, 0.29) is 12.8 Å². The van der Waals surface area contributed by atoms with Gasteiger partial charge in [0, 0.05) is 12.8 Å². The molecule has 1 aliphatic carbocycles. The van der Waals surface area contributed by atoms with Gasteiger partial charge < -0.3 is 89.5 Å². The van der Waals surface area contributed by atoms with E-state index in [0.29, 0.717) is 12.8 Å². The van der Waals surface area contributed by atoms with Crippen LogP contribution in [0.2, 0.25) is 0 Å².